The number of nitrogens with zero attached hydrogens (tertiary/aromatic N) is 2. The third-order valence-electron chi connectivity index (χ3n) is 5.92. The van der Waals surface area contributed by atoms with E-state index in [1.807, 2.05) is 0 Å². The fourth-order valence-corrected chi connectivity index (χ4v) is 4.57. The molecule has 1 aromatic carbocycles. The van der Waals surface area contributed by atoms with Crippen LogP contribution >= 0.6 is 23.2 Å². The number of primary amides is 1. The number of aromatic nitrogens is 2. The van der Waals surface area contributed by atoms with E-state index in [4.69, 9.17) is 47.6 Å². The van der Waals surface area contributed by atoms with Gasteiger partial charge in [0, 0.05) is 30.1 Å². The van der Waals surface area contributed by atoms with Crippen LogP contribution in [0.1, 0.15) is 60.5 Å². The minimum atomic E-state index is -1.02. The predicted octanol–water partition coefficient (Wildman–Crippen LogP) is 5.46. The zero-order valence-corrected chi connectivity index (χ0v) is 21.8. The molecule has 1 fully saturated rings. The second-order valence-corrected chi connectivity index (χ2v) is 9.28. The number of rotatable bonds is 9. The third-order valence-corrected chi connectivity index (χ3v) is 6.57. The quantitative estimate of drug-likeness (QED) is 0.359. The van der Waals surface area contributed by atoms with E-state index in [9.17, 15) is 9.59 Å². The molecule has 196 valence electrons. The molecular weight excluding hydrogens is 523 g/mol. The zero-order chi connectivity index (χ0) is 26.5. The number of halogens is 2. The highest BCUT2D eigenvalue weighted by Crippen LogP contribution is 2.36. The highest BCUT2D eigenvalue weighted by molar-refractivity contribution is 6.35. The molecule has 10 nitrogen and oxygen atoms in total. The Morgan fingerprint density at radius 2 is 1.89 bits per heavy atom. The van der Waals surface area contributed by atoms with Gasteiger partial charge in [-0.1, -0.05) is 23.2 Å². The van der Waals surface area contributed by atoms with Crippen LogP contribution in [0, 0.1) is 0 Å². The molecule has 3 N–H and O–H groups in total. The lowest BCUT2D eigenvalue weighted by atomic mass is 10.2. The van der Waals surface area contributed by atoms with E-state index < -0.39 is 18.1 Å². The Kier molecular flexibility index (Phi) is 8.40. The van der Waals surface area contributed by atoms with Crippen molar-refractivity contribution in [3.63, 3.8) is 0 Å². The normalized spacial score (nSPS) is 14.3. The van der Waals surface area contributed by atoms with E-state index in [0.717, 1.165) is 25.7 Å². The summed E-state index contributed by atoms with van der Waals surface area (Å²) in [5.74, 6) is 0.661. The molecule has 2 aromatic heterocycles. The molecule has 0 saturated heterocycles. The van der Waals surface area contributed by atoms with Gasteiger partial charge in [0.15, 0.2) is 29.1 Å². The fraction of sp³-hybridized carbons (Fsp3) is 0.360. The monoisotopic (exact) mass is 548 g/mol. The Hall–Kier alpha value is -3.50. The van der Waals surface area contributed by atoms with Gasteiger partial charge in [-0.25, -0.2) is 9.78 Å². The van der Waals surface area contributed by atoms with E-state index >= 15 is 0 Å². The number of oxazole rings is 1. The number of carbonyl (C=O) groups is 2. The molecule has 0 bridgehead atoms. The SMILES string of the molecule is COc1ccc(-c2nc(C(=O)NCc3c(Cl)cncc3Cl)c([C@H](C)OC(N)=O)o2)cc1OC1CCCC1. The third kappa shape index (κ3) is 6.26. The van der Waals surface area contributed by atoms with Gasteiger partial charge in [-0.05, 0) is 50.8 Å². The van der Waals surface area contributed by atoms with Crippen LogP contribution in [0.3, 0.4) is 0 Å². The van der Waals surface area contributed by atoms with Crippen molar-refractivity contribution in [1.29, 1.82) is 0 Å². The topological polar surface area (TPSA) is 139 Å². The van der Waals surface area contributed by atoms with Gasteiger partial charge in [-0.2, -0.15) is 0 Å². The van der Waals surface area contributed by atoms with E-state index in [1.54, 1.807) is 25.3 Å². The minimum absolute atomic E-state index is 0.00756. The maximum absolute atomic E-state index is 13.1. The number of amides is 2. The fourth-order valence-electron chi connectivity index (χ4n) is 4.07. The Labute approximate surface area is 223 Å². The molecule has 0 spiro atoms. The highest BCUT2D eigenvalue weighted by atomic mass is 35.5. The minimum Gasteiger partial charge on any atom is -0.493 e. The average molecular weight is 549 g/mol. The van der Waals surface area contributed by atoms with Crippen molar-refractivity contribution in [2.75, 3.05) is 7.11 Å². The maximum atomic E-state index is 13.1. The number of nitrogens with one attached hydrogen (secondary N) is 1. The Bertz CT molecular complexity index is 1270. The maximum Gasteiger partial charge on any atom is 0.405 e. The zero-order valence-electron chi connectivity index (χ0n) is 20.3. The lowest BCUT2D eigenvalue weighted by Crippen LogP contribution is -2.25. The Balaban J connectivity index is 1.65. The molecule has 4 rings (SSSR count). The first-order valence-corrected chi connectivity index (χ1v) is 12.4. The molecule has 0 radical (unpaired) electrons. The standard InChI is InChI=1S/C25H26Cl2N4O6/c1-13(35-25(28)33)22-21(23(32)30-10-16-17(26)11-29-12-18(16)27)31-24(37-22)14-7-8-19(34-2)20(9-14)36-15-5-3-4-6-15/h7-9,11-13,15H,3-6,10H2,1-2H3,(H2,28,33)(H,30,32)/t13-/m0/s1. The van der Waals surface area contributed by atoms with Gasteiger partial charge in [0.2, 0.25) is 5.89 Å². The van der Waals surface area contributed by atoms with E-state index in [1.165, 1.54) is 19.3 Å². The summed E-state index contributed by atoms with van der Waals surface area (Å²) in [6.07, 6.45) is 5.09. The lowest BCUT2D eigenvalue weighted by molar-refractivity contribution is 0.0904. The number of ether oxygens (including phenoxy) is 3. The average Bonchev–Trinajstić information content (AvgIpc) is 3.53. The van der Waals surface area contributed by atoms with Gasteiger partial charge in [0.25, 0.3) is 5.91 Å². The number of benzene rings is 1. The van der Waals surface area contributed by atoms with Crippen molar-refractivity contribution in [2.24, 2.45) is 5.73 Å². The number of pyridine rings is 1. The first-order valence-electron chi connectivity index (χ1n) is 11.6. The van der Waals surface area contributed by atoms with Crippen molar-refractivity contribution in [2.45, 2.75) is 51.4 Å². The molecule has 37 heavy (non-hydrogen) atoms. The summed E-state index contributed by atoms with van der Waals surface area (Å²) in [6.45, 7) is 1.53. The number of methoxy groups -OCH3 is 1. The highest BCUT2D eigenvalue weighted by Gasteiger charge is 2.28. The van der Waals surface area contributed by atoms with Crippen molar-refractivity contribution >= 4 is 35.2 Å². The van der Waals surface area contributed by atoms with Crippen LogP contribution in [-0.4, -0.2) is 35.2 Å². The van der Waals surface area contributed by atoms with Crippen molar-refractivity contribution in [3.05, 3.63) is 57.7 Å². The summed E-state index contributed by atoms with van der Waals surface area (Å²) in [7, 11) is 1.56. The van der Waals surface area contributed by atoms with Crippen molar-refractivity contribution in [1.82, 2.24) is 15.3 Å². The molecule has 1 aliphatic carbocycles. The van der Waals surface area contributed by atoms with Crippen molar-refractivity contribution in [3.8, 4) is 23.0 Å². The smallest absolute Gasteiger partial charge is 0.405 e. The van der Waals surface area contributed by atoms with Gasteiger partial charge < -0.3 is 29.7 Å². The molecule has 0 unspecified atom stereocenters. The van der Waals surface area contributed by atoms with E-state index in [2.05, 4.69) is 15.3 Å². The lowest BCUT2D eigenvalue weighted by Gasteiger charge is -2.16. The number of hydrogen-bond donors (Lipinski definition) is 2. The van der Waals surface area contributed by atoms with Crippen LogP contribution in [0.25, 0.3) is 11.5 Å². The van der Waals surface area contributed by atoms with Crippen LogP contribution in [0.15, 0.2) is 35.0 Å². The van der Waals surface area contributed by atoms with Crippen LogP contribution in [0.2, 0.25) is 10.0 Å². The molecule has 1 atom stereocenters. The van der Waals surface area contributed by atoms with Gasteiger partial charge >= 0.3 is 6.09 Å². The van der Waals surface area contributed by atoms with Crippen LogP contribution in [0.5, 0.6) is 11.5 Å². The molecule has 1 aliphatic rings. The van der Waals surface area contributed by atoms with Gasteiger partial charge in [0.05, 0.1) is 23.3 Å². The second kappa shape index (κ2) is 11.7. The van der Waals surface area contributed by atoms with Crippen LogP contribution in [0.4, 0.5) is 4.79 Å². The van der Waals surface area contributed by atoms with Crippen LogP contribution < -0.4 is 20.5 Å². The molecule has 3 aromatic rings. The molecule has 2 amide bonds. The molecule has 0 aliphatic heterocycles. The Morgan fingerprint density at radius 1 is 1.19 bits per heavy atom. The van der Waals surface area contributed by atoms with Crippen molar-refractivity contribution < 1.29 is 28.2 Å². The Morgan fingerprint density at radius 3 is 2.54 bits per heavy atom. The summed E-state index contributed by atoms with van der Waals surface area (Å²) < 4.78 is 22.6. The summed E-state index contributed by atoms with van der Waals surface area (Å²) in [5.41, 5.74) is 6.13. The summed E-state index contributed by atoms with van der Waals surface area (Å²) in [6, 6.07) is 5.21. The molecule has 2 heterocycles. The summed E-state index contributed by atoms with van der Waals surface area (Å²) >= 11 is 12.3. The number of carbonyl (C=O) groups excluding carboxylic acids is 2. The molecular formula is C25H26Cl2N4O6. The predicted molar refractivity (Wildman–Crippen MR) is 136 cm³/mol. The van der Waals surface area contributed by atoms with Gasteiger partial charge in [-0.3, -0.25) is 9.78 Å². The summed E-state index contributed by atoms with van der Waals surface area (Å²) in [5, 5.41) is 3.31. The first-order chi connectivity index (χ1) is 17.8. The largest absolute Gasteiger partial charge is 0.493 e. The summed E-state index contributed by atoms with van der Waals surface area (Å²) in [4.78, 5) is 32.8. The first kappa shape index (κ1) is 26.6. The van der Waals surface area contributed by atoms with Gasteiger partial charge in [-0.15, -0.1) is 0 Å². The second-order valence-electron chi connectivity index (χ2n) is 8.47. The number of nitrogens with two attached hydrogens (primary N) is 1. The van der Waals surface area contributed by atoms with Crippen LogP contribution in [-0.2, 0) is 11.3 Å². The molecule has 12 heteroatoms. The van der Waals surface area contributed by atoms with Gasteiger partial charge in [0.1, 0.15) is 0 Å². The van der Waals surface area contributed by atoms with E-state index in [-0.39, 0.29) is 30.0 Å². The number of hydrogen-bond acceptors (Lipinski definition) is 8. The molecule has 1 saturated carbocycles. The van der Waals surface area contributed by atoms with E-state index in [0.29, 0.717) is 32.7 Å².